The van der Waals surface area contributed by atoms with Gasteiger partial charge in [-0.2, -0.15) is 0 Å². The van der Waals surface area contributed by atoms with E-state index in [1.807, 2.05) is 6.92 Å². The van der Waals surface area contributed by atoms with Crippen molar-refractivity contribution in [2.24, 2.45) is 11.7 Å². The molecular formula is C13H20N4O3. The monoisotopic (exact) mass is 280 g/mol. The van der Waals surface area contributed by atoms with Crippen LogP contribution < -0.4 is 17.0 Å². The molecule has 1 aromatic rings. The summed E-state index contributed by atoms with van der Waals surface area (Å²) in [5.74, 6) is -0.0731. The quantitative estimate of drug-likeness (QED) is 0.700. The van der Waals surface area contributed by atoms with Gasteiger partial charge in [-0.1, -0.05) is 6.42 Å². The number of hydrogen-bond acceptors (Lipinski definition) is 4. The normalized spacial score (nSPS) is 21.9. The van der Waals surface area contributed by atoms with Gasteiger partial charge in [0.1, 0.15) is 5.56 Å². The minimum atomic E-state index is -0.653. The Kier molecular flexibility index (Phi) is 4.39. The number of hydrogen-bond donors (Lipinski definition) is 3. The molecule has 0 radical (unpaired) electrons. The van der Waals surface area contributed by atoms with E-state index in [0.717, 1.165) is 19.3 Å². The molecule has 2 atom stereocenters. The SMILES string of the molecule is CCN(C(=O)c1c[nH]c(=O)[nH]c1=O)C1CCCC1CN. The van der Waals surface area contributed by atoms with Crippen LogP contribution in [0.25, 0.3) is 0 Å². The molecule has 0 aromatic carbocycles. The van der Waals surface area contributed by atoms with Gasteiger partial charge < -0.3 is 15.6 Å². The Bertz CT molecular complexity index is 592. The lowest BCUT2D eigenvalue weighted by Crippen LogP contribution is -2.46. The highest BCUT2D eigenvalue weighted by molar-refractivity contribution is 5.93. The molecule has 7 nitrogen and oxygen atoms in total. The summed E-state index contributed by atoms with van der Waals surface area (Å²) >= 11 is 0. The Hall–Kier alpha value is -1.89. The van der Waals surface area contributed by atoms with Crippen LogP contribution in [0.3, 0.4) is 0 Å². The standard InChI is InChI=1S/C13H20N4O3/c1-2-17(10-5-3-4-8(10)6-14)12(19)9-7-15-13(20)16-11(9)18/h7-8,10H,2-6,14H2,1H3,(H2,15,16,18,20). The molecule has 0 spiro atoms. The number of aromatic amines is 2. The molecule has 1 aliphatic rings. The van der Waals surface area contributed by atoms with Gasteiger partial charge in [-0.05, 0) is 32.2 Å². The van der Waals surface area contributed by atoms with Crippen LogP contribution in [0.4, 0.5) is 0 Å². The number of rotatable bonds is 4. The van der Waals surface area contributed by atoms with E-state index in [1.165, 1.54) is 6.20 Å². The van der Waals surface area contributed by atoms with Gasteiger partial charge in [0.05, 0.1) is 0 Å². The first-order chi connectivity index (χ1) is 9.58. The van der Waals surface area contributed by atoms with Crippen molar-refractivity contribution in [3.63, 3.8) is 0 Å². The molecule has 1 fully saturated rings. The van der Waals surface area contributed by atoms with Crippen molar-refractivity contribution in [1.29, 1.82) is 0 Å². The van der Waals surface area contributed by atoms with Crippen LogP contribution in [-0.2, 0) is 0 Å². The number of nitrogens with one attached hydrogen (secondary N) is 2. The summed E-state index contributed by atoms with van der Waals surface area (Å²) in [6, 6.07) is 0.0730. The second-order valence-electron chi connectivity index (χ2n) is 5.07. The van der Waals surface area contributed by atoms with E-state index in [4.69, 9.17) is 5.73 Å². The highest BCUT2D eigenvalue weighted by Gasteiger charge is 2.34. The minimum absolute atomic E-state index is 0.0332. The lowest BCUT2D eigenvalue weighted by atomic mass is 10.0. The third kappa shape index (κ3) is 2.67. The molecule has 2 rings (SSSR count). The van der Waals surface area contributed by atoms with Gasteiger partial charge in [-0.15, -0.1) is 0 Å². The molecule has 7 heteroatoms. The van der Waals surface area contributed by atoms with Crippen molar-refractivity contribution in [2.45, 2.75) is 32.2 Å². The van der Waals surface area contributed by atoms with Crippen molar-refractivity contribution in [1.82, 2.24) is 14.9 Å². The molecule has 2 unspecified atom stereocenters. The summed E-state index contributed by atoms with van der Waals surface area (Å²) in [5.41, 5.74) is 4.45. The third-order valence-corrected chi connectivity index (χ3v) is 3.97. The molecule has 0 saturated heterocycles. The van der Waals surface area contributed by atoms with Gasteiger partial charge in [-0.3, -0.25) is 14.6 Å². The predicted octanol–water partition coefficient (Wildman–Crippen LogP) is -0.347. The Labute approximate surface area is 116 Å². The van der Waals surface area contributed by atoms with Crippen LogP contribution in [0.15, 0.2) is 15.8 Å². The maximum atomic E-state index is 12.5. The zero-order chi connectivity index (χ0) is 14.7. The van der Waals surface area contributed by atoms with E-state index in [-0.39, 0.29) is 23.4 Å². The fourth-order valence-electron chi connectivity index (χ4n) is 2.95. The van der Waals surface area contributed by atoms with Gasteiger partial charge in [0.15, 0.2) is 0 Å². The van der Waals surface area contributed by atoms with Crippen molar-refractivity contribution in [3.05, 3.63) is 32.6 Å². The molecular weight excluding hydrogens is 260 g/mol. The first kappa shape index (κ1) is 14.5. The van der Waals surface area contributed by atoms with E-state index in [2.05, 4.69) is 9.97 Å². The molecule has 110 valence electrons. The number of H-pyrrole nitrogens is 2. The second kappa shape index (κ2) is 6.04. The fourth-order valence-corrected chi connectivity index (χ4v) is 2.95. The van der Waals surface area contributed by atoms with Gasteiger partial charge in [0.2, 0.25) is 0 Å². The molecule has 1 heterocycles. The Morgan fingerprint density at radius 3 is 2.80 bits per heavy atom. The summed E-state index contributed by atoms with van der Waals surface area (Å²) in [6.07, 6.45) is 4.13. The predicted molar refractivity (Wildman–Crippen MR) is 74.6 cm³/mol. The van der Waals surface area contributed by atoms with Gasteiger partial charge >= 0.3 is 5.69 Å². The van der Waals surface area contributed by atoms with Crippen LogP contribution in [-0.4, -0.2) is 39.9 Å². The smallest absolute Gasteiger partial charge is 0.325 e. The van der Waals surface area contributed by atoms with Crippen LogP contribution >= 0.6 is 0 Å². The summed E-state index contributed by atoms with van der Waals surface area (Å²) < 4.78 is 0. The van der Waals surface area contributed by atoms with Crippen molar-refractivity contribution < 1.29 is 4.79 Å². The lowest BCUT2D eigenvalue weighted by molar-refractivity contribution is 0.0649. The van der Waals surface area contributed by atoms with Crippen molar-refractivity contribution >= 4 is 5.91 Å². The number of nitrogens with zero attached hydrogens (tertiary/aromatic N) is 1. The zero-order valence-corrected chi connectivity index (χ0v) is 11.5. The summed E-state index contributed by atoms with van der Waals surface area (Å²) in [6.45, 7) is 2.93. The molecule has 20 heavy (non-hydrogen) atoms. The van der Waals surface area contributed by atoms with E-state index >= 15 is 0 Å². The van der Waals surface area contributed by atoms with Crippen LogP contribution in [0, 0.1) is 5.92 Å². The second-order valence-corrected chi connectivity index (χ2v) is 5.07. The number of amides is 1. The molecule has 4 N–H and O–H groups in total. The largest absolute Gasteiger partial charge is 0.335 e. The average molecular weight is 280 g/mol. The van der Waals surface area contributed by atoms with Gasteiger partial charge in [0.25, 0.3) is 11.5 Å². The Morgan fingerprint density at radius 1 is 1.45 bits per heavy atom. The Balaban J connectivity index is 2.29. The molecule has 1 saturated carbocycles. The molecule has 0 bridgehead atoms. The summed E-state index contributed by atoms with van der Waals surface area (Å²) in [7, 11) is 0. The summed E-state index contributed by atoms with van der Waals surface area (Å²) in [4.78, 5) is 41.3. The van der Waals surface area contributed by atoms with Crippen molar-refractivity contribution in [2.75, 3.05) is 13.1 Å². The van der Waals surface area contributed by atoms with E-state index in [1.54, 1.807) is 4.90 Å². The van der Waals surface area contributed by atoms with Gasteiger partial charge in [0, 0.05) is 18.8 Å². The number of nitrogens with two attached hydrogens (primary N) is 1. The molecule has 1 aliphatic carbocycles. The number of carbonyl (C=O) groups excluding carboxylic acids is 1. The highest BCUT2D eigenvalue weighted by atomic mass is 16.2. The molecule has 1 amide bonds. The van der Waals surface area contributed by atoms with Crippen molar-refractivity contribution in [3.8, 4) is 0 Å². The maximum absolute atomic E-state index is 12.5. The average Bonchev–Trinajstić information content (AvgIpc) is 2.87. The van der Waals surface area contributed by atoms with Gasteiger partial charge in [-0.25, -0.2) is 4.79 Å². The third-order valence-electron chi connectivity index (χ3n) is 3.97. The van der Waals surface area contributed by atoms with Crippen LogP contribution in [0.2, 0.25) is 0 Å². The molecule has 1 aromatic heterocycles. The lowest BCUT2D eigenvalue weighted by Gasteiger charge is -2.31. The fraction of sp³-hybridized carbons (Fsp3) is 0.615. The first-order valence-electron chi connectivity index (χ1n) is 6.91. The van der Waals surface area contributed by atoms with E-state index in [0.29, 0.717) is 13.1 Å². The van der Waals surface area contributed by atoms with Crippen LogP contribution in [0.1, 0.15) is 36.5 Å². The number of aromatic nitrogens is 2. The number of carbonyl (C=O) groups is 1. The topological polar surface area (TPSA) is 112 Å². The first-order valence-corrected chi connectivity index (χ1v) is 6.91. The van der Waals surface area contributed by atoms with Crippen LogP contribution in [0.5, 0.6) is 0 Å². The molecule has 0 aliphatic heterocycles. The van der Waals surface area contributed by atoms with E-state index < -0.39 is 11.2 Å². The maximum Gasteiger partial charge on any atom is 0.325 e. The highest BCUT2D eigenvalue weighted by Crippen LogP contribution is 2.29. The summed E-state index contributed by atoms with van der Waals surface area (Å²) in [5, 5.41) is 0. The zero-order valence-electron chi connectivity index (χ0n) is 11.5. The Morgan fingerprint density at radius 2 is 2.20 bits per heavy atom. The minimum Gasteiger partial charge on any atom is -0.335 e. The van der Waals surface area contributed by atoms with E-state index in [9.17, 15) is 14.4 Å².